The lowest BCUT2D eigenvalue weighted by Gasteiger charge is -2.05. The molecule has 0 atom stereocenters. The van der Waals surface area contributed by atoms with Gasteiger partial charge in [-0.05, 0) is 6.92 Å². The monoisotopic (exact) mass is 250 g/mol. The van der Waals surface area contributed by atoms with Gasteiger partial charge in [-0.15, -0.1) is 0 Å². The summed E-state index contributed by atoms with van der Waals surface area (Å²) in [5, 5.41) is 0. The van der Waals surface area contributed by atoms with Crippen molar-refractivity contribution in [1.82, 2.24) is 18.7 Å². The van der Waals surface area contributed by atoms with Crippen LogP contribution >= 0.6 is 0 Å². The van der Waals surface area contributed by atoms with Crippen LogP contribution in [0.4, 0.5) is 0 Å². The Morgan fingerprint density at radius 1 is 1.28 bits per heavy atom. The van der Waals surface area contributed by atoms with Crippen molar-refractivity contribution in [2.75, 3.05) is 0 Å². The minimum atomic E-state index is -0.413. The molecule has 18 heavy (non-hydrogen) atoms. The molecule has 0 N–H and O–H groups in total. The number of hydrogen-bond acceptors (Lipinski definition) is 4. The molecule has 0 amide bonds. The molecular formula is C11H14N4O3. The summed E-state index contributed by atoms with van der Waals surface area (Å²) in [7, 11) is 2.98. The Morgan fingerprint density at radius 2 is 1.94 bits per heavy atom. The van der Waals surface area contributed by atoms with Crippen molar-refractivity contribution >= 4 is 16.9 Å². The van der Waals surface area contributed by atoms with Gasteiger partial charge in [0.15, 0.2) is 11.2 Å². The minimum Gasteiger partial charge on any atom is -0.324 e. The number of nitrogens with zero attached hydrogens (tertiary/aromatic N) is 4. The lowest BCUT2D eigenvalue weighted by atomic mass is 10.3. The van der Waals surface area contributed by atoms with E-state index < -0.39 is 11.2 Å². The number of aromatic nitrogens is 4. The Kier molecular flexibility index (Phi) is 2.90. The first-order valence-corrected chi connectivity index (χ1v) is 5.53. The predicted molar refractivity (Wildman–Crippen MR) is 65.5 cm³/mol. The molecule has 7 nitrogen and oxygen atoms in total. The van der Waals surface area contributed by atoms with Crippen molar-refractivity contribution in [2.24, 2.45) is 14.1 Å². The van der Waals surface area contributed by atoms with E-state index in [0.717, 1.165) is 4.57 Å². The van der Waals surface area contributed by atoms with E-state index in [0.29, 0.717) is 24.1 Å². The standard InChI is InChI=1S/C11H14N4O3/c1-7(16)4-5-15-6-12-9-8(15)10(17)14(3)11(18)13(9)2/h6H,4-5H2,1-3H3. The minimum absolute atomic E-state index is 0.0403. The lowest BCUT2D eigenvalue weighted by Crippen LogP contribution is -2.37. The highest BCUT2D eigenvalue weighted by molar-refractivity contribution is 5.76. The third kappa shape index (κ3) is 1.77. The van der Waals surface area contributed by atoms with Crippen molar-refractivity contribution in [3.8, 4) is 0 Å². The number of carbonyl (C=O) groups excluding carboxylic acids is 1. The number of ketones is 1. The van der Waals surface area contributed by atoms with Crippen molar-refractivity contribution in [1.29, 1.82) is 0 Å². The number of Topliss-reactive ketones (excluding diaryl/α,β-unsaturated/α-hetero) is 1. The van der Waals surface area contributed by atoms with Gasteiger partial charge in [-0.2, -0.15) is 0 Å². The van der Waals surface area contributed by atoms with Crippen LogP contribution in [0.15, 0.2) is 15.9 Å². The fourth-order valence-electron chi connectivity index (χ4n) is 1.84. The van der Waals surface area contributed by atoms with Crippen molar-refractivity contribution in [3.05, 3.63) is 27.2 Å². The predicted octanol–water partition coefficient (Wildman–Crippen LogP) is -0.587. The zero-order valence-corrected chi connectivity index (χ0v) is 10.5. The first-order valence-electron chi connectivity index (χ1n) is 5.53. The van der Waals surface area contributed by atoms with E-state index in [1.807, 2.05) is 0 Å². The number of carbonyl (C=O) groups is 1. The van der Waals surface area contributed by atoms with Crippen molar-refractivity contribution in [2.45, 2.75) is 19.9 Å². The summed E-state index contributed by atoms with van der Waals surface area (Å²) in [4.78, 5) is 38.8. The zero-order valence-electron chi connectivity index (χ0n) is 10.5. The van der Waals surface area contributed by atoms with Crippen LogP contribution in [0.2, 0.25) is 0 Å². The van der Waals surface area contributed by atoms with Crippen LogP contribution in [-0.4, -0.2) is 24.5 Å². The number of rotatable bonds is 3. The molecule has 2 rings (SSSR count). The summed E-state index contributed by atoms with van der Waals surface area (Å²) in [6.45, 7) is 1.88. The van der Waals surface area contributed by atoms with Gasteiger partial charge in [-0.25, -0.2) is 9.78 Å². The molecule has 0 aromatic carbocycles. The zero-order chi connectivity index (χ0) is 13.4. The molecular weight excluding hydrogens is 236 g/mol. The molecule has 0 bridgehead atoms. The average Bonchev–Trinajstić information content (AvgIpc) is 2.75. The van der Waals surface area contributed by atoms with Crippen LogP contribution in [0.3, 0.4) is 0 Å². The maximum atomic E-state index is 12.0. The molecule has 0 spiro atoms. The van der Waals surface area contributed by atoms with Gasteiger partial charge in [-0.1, -0.05) is 0 Å². The van der Waals surface area contributed by atoms with Gasteiger partial charge in [0.2, 0.25) is 0 Å². The third-order valence-corrected chi connectivity index (χ3v) is 2.92. The van der Waals surface area contributed by atoms with Crippen LogP contribution < -0.4 is 11.2 Å². The third-order valence-electron chi connectivity index (χ3n) is 2.92. The highest BCUT2D eigenvalue weighted by atomic mass is 16.2. The molecule has 0 aliphatic heterocycles. The van der Waals surface area contributed by atoms with E-state index in [-0.39, 0.29) is 5.78 Å². The van der Waals surface area contributed by atoms with Gasteiger partial charge >= 0.3 is 5.69 Å². The number of fused-ring (bicyclic) bond motifs is 1. The summed E-state index contributed by atoms with van der Waals surface area (Å²) >= 11 is 0. The molecule has 0 radical (unpaired) electrons. The Bertz CT molecular complexity index is 735. The van der Waals surface area contributed by atoms with Crippen LogP contribution in [-0.2, 0) is 25.4 Å². The molecule has 96 valence electrons. The first-order chi connectivity index (χ1) is 8.43. The number of hydrogen-bond donors (Lipinski definition) is 0. The summed E-state index contributed by atoms with van der Waals surface area (Å²) in [6.07, 6.45) is 1.81. The van der Waals surface area contributed by atoms with E-state index in [2.05, 4.69) is 4.98 Å². The summed E-state index contributed by atoms with van der Waals surface area (Å²) in [5.41, 5.74) is -0.119. The van der Waals surface area contributed by atoms with Gasteiger partial charge in [0, 0.05) is 27.1 Å². The van der Waals surface area contributed by atoms with Gasteiger partial charge in [0.1, 0.15) is 5.78 Å². The molecule has 0 saturated heterocycles. The van der Waals surface area contributed by atoms with Crippen molar-refractivity contribution < 1.29 is 4.79 Å². The highest BCUT2D eigenvalue weighted by Gasteiger charge is 2.14. The Labute approximate surface area is 102 Å². The van der Waals surface area contributed by atoms with E-state index in [1.165, 1.54) is 24.9 Å². The molecule has 0 fully saturated rings. The lowest BCUT2D eigenvalue weighted by molar-refractivity contribution is -0.117. The molecule has 0 unspecified atom stereocenters. The van der Waals surface area contributed by atoms with Crippen LogP contribution in [0, 0.1) is 0 Å². The second kappa shape index (κ2) is 4.25. The van der Waals surface area contributed by atoms with Gasteiger partial charge < -0.3 is 4.57 Å². The Balaban J connectivity index is 2.70. The molecule has 0 aliphatic rings. The number of aryl methyl sites for hydroxylation is 2. The van der Waals surface area contributed by atoms with E-state index in [9.17, 15) is 14.4 Å². The summed E-state index contributed by atoms with van der Waals surface area (Å²) < 4.78 is 3.97. The van der Waals surface area contributed by atoms with E-state index >= 15 is 0 Å². The Hall–Kier alpha value is -2.18. The summed E-state index contributed by atoms with van der Waals surface area (Å²) in [5.74, 6) is 0.0403. The number of imidazole rings is 1. The molecule has 0 aliphatic carbocycles. The van der Waals surface area contributed by atoms with E-state index in [4.69, 9.17) is 0 Å². The topological polar surface area (TPSA) is 78.9 Å². The first kappa shape index (κ1) is 12.3. The Morgan fingerprint density at radius 3 is 2.56 bits per heavy atom. The average molecular weight is 250 g/mol. The quantitative estimate of drug-likeness (QED) is 0.729. The summed E-state index contributed by atoms with van der Waals surface area (Å²) in [6, 6.07) is 0. The molecule has 2 aromatic rings. The second-order valence-electron chi connectivity index (χ2n) is 4.27. The smallest absolute Gasteiger partial charge is 0.324 e. The molecule has 2 heterocycles. The van der Waals surface area contributed by atoms with Crippen molar-refractivity contribution in [3.63, 3.8) is 0 Å². The van der Waals surface area contributed by atoms with Crippen LogP contribution in [0.25, 0.3) is 11.2 Å². The van der Waals surface area contributed by atoms with Gasteiger partial charge in [0.25, 0.3) is 5.56 Å². The largest absolute Gasteiger partial charge is 0.332 e. The second-order valence-corrected chi connectivity index (χ2v) is 4.27. The van der Waals surface area contributed by atoms with Crippen LogP contribution in [0.5, 0.6) is 0 Å². The molecule has 7 heteroatoms. The highest BCUT2D eigenvalue weighted by Crippen LogP contribution is 2.06. The van der Waals surface area contributed by atoms with E-state index in [1.54, 1.807) is 11.6 Å². The fraction of sp³-hybridized carbons (Fsp3) is 0.455. The van der Waals surface area contributed by atoms with Gasteiger partial charge in [0.05, 0.1) is 6.33 Å². The fourth-order valence-corrected chi connectivity index (χ4v) is 1.84. The SMILES string of the molecule is CC(=O)CCn1cnc2c1c(=O)n(C)c(=O)n2C. The maximum Gasteiger partial charge on any atom is 0.332 e. The maximum absolute atomic E-state index is 12.0. The molecule has 0 saturated carbocycles. The van der Waals surface area contributed by atoms with Gasteiger partial charge in [-0.3, -0.25) is 18.7 Å². The molecule has 2 aromatic heterocycles. The van der Waals surface area contributed by atoms with Crippen LogP contribution in [0.1, 0.15) is 13.3 Å². The normalized spacial score (nSPS) is 11.1.